The zero-order chi connectivity index (χ0) is 24.8. The predicted molar refractivity (Wildman–Crippen MR) is 133 cm³/mol. The summed E-state index contributed by atoms with van der Waals surface area (Å²) in [5, 5.41) is 1.90. The number of rotatable bonds is 10. The number of H-pyrrole nitrogens is 1. The lowest BCUT2D eigenvalue weighted by Crippen LogP contribution is -2.41. The second-order valence-electron chi connectivity index (χ2n) is 7.76. The fraction of sp³-hybridized carbons (Fsp3) is 0.250. The smallest absolute Gasteiger partial charge is 0.330 e. The maximum absolute atomic E-state index is 13.6. The Labute approximate surface area is 204 Å². The lowest BCUT2D eigenvalue weighted by atomic mass is 10.1. The monoisotopic (exact) mass is 495 g/mol. The van der Waals surface area contributed by atoms with Crippen LogP contribution in [0.15, 0.2) is 67.6 Å². The number of nitrogens with one attached hydrogen (secondary N) is 1. The summed E-state index contributed by atoms with van der Waals surface area (Å²) in [6.07, 6.45) is 2.98. The Morgan fingerprint density at radius 3 is 2.71 bits per heavy atom. The van der Waals surface area contributed by atoms with Gasteiger partial charge in [-0.2, -0.15) is 0 Å². The van der Waals surface area contributed by atoms with Crippen molar-refractivity contribution in [3.05, 3.63) is 91.4 Å². The molecule has 0 spiro atoms. The average Bonchev–Trinajstić information content (AvgIpc) is 3.56. The number of hydrogen-bond acceptors (Lipinski definition) is 8. The van der Waals surface area contributed by atoms with Gasteiger partial charge in [-0.05, 0) is 42.8 Å². The number of aromatic amines is 1. The minimum absolute atomic E-state index is 0.0484. The number of aromatic nitrogens is 3. The van der Waals surface area contributed by atoms with E-state index in [9.17, 15) is 14.4 Å². The first-order chi connectivity index (χ1) is 17.0. The highest BCUT2D eigenvalue weighted by Crippen LogP contribution is 2.24. The molecule has 11 heteroatoms. The van der Waals surface area contributed by atoms with E-state index in [4.69, 9.17) is 14.9 Å². The maximum atomic E-state index is 13.6. The Kier molecular flexibility index (Phi) is 7.46. The first kappa shape index (κ1) is 24.0. The predicted octanol–water partition coefficient (Wildman–Crippen LogP) is 3.39. The van der Waals surface area contributed by atoms with E-state index in [0.717, 1.165) is 12.1 Å². The van der Waals surface area contributed by atoms with E-state index in [0.29, 0.717) is 36.6 Å². The van der Waals surface area contributed by atoms with Gasteiger partial charge < -0.3 is 14.9 Å². The topological polar surface area (TPSA) is 136 Å². The number of furan rings is 1. The van der Waals surface area contributed by atoms with Gasteiger partial charge in [0.25, 0.3) is 11.5 Å². The molecule has 0 saturated carbocycles. The van der Waals surface area contributed by atoms with Crippen molar-refractivity contribution in [1.82, 2.24) is 14.5 Å². The first-order valence-corrected chi connectivity index (χ1v) is 12.0. The number of benzene rings is 1. The van der Waals surface area contributed by atoms with Crippen LogP contribution in [0.2, 0.25) is 0 Å². The van der Waals surface area contributed by atoms with Gasteiger partial charge in [0.15, 0.2) is 5.69 Å². The van der Waals surface area contributed by atoms with E-state index in [1.807, 2.05) is 12.3 Å². The molecule has 0 aliphatic carbocycles. The minimum Gasteiger partial charge on any atom is -0.487 e. The largest absolute Gasteiger partial charge is 0.487 e. The lowest BCUT2D eigenvalue weighted by Gasteiger charge is -2.24. The normalized spacial score (nSPS) is 10.9. The van der Waals surface area contributed by atoms with E-state index < -0.39 is 17.2 Å². The van der Waals surface area contributed by atoms with Crippen LogP contribution in [0.4, 0.5) is 11.5 Å². The summed E-state index contributed by atoms with van der Waals surface area (Å²) in [7, 11) is 0. The molecule has 0 unspecified atom stereocenters. The van der Waals surface area contributed by atoms with Gasteiger partial charge >= 0.3 is 5.69 Å². The highest BCUT2D eigenvalue weighted by Gasteiger charge is 2.26. The number of carbonyl (C=O) groups is 1. The Hall–Kier alpha value is -4.12. The molecule has 0 bridgehead atoms. The fourth-order valence-corrected chi connectivity index (χ4v) is 4.05. The quantitative estimate of drug-likeness (QED) is 0.344. The Morgan fingerprint density at radius 2 is 2.06 bits per heavy atom. The van der Waals surface area contributed by atoms with Crippen LogP contribution in [0.5, 0.6) is 5.75 Å². The van der Waals surface area contributed by atoms with Crippen LogP contribution in [-0.4, -0.2) is 20.4 Å². The molecule has 3 heterocycles. The van der Waals surface area contributed by atoms with Crippen molar-refractivity contribution in [3.8, 4) is 5.75 Å². The second kappa shape index (κ2) is 10.9. The van der Waals surface area contributed by atoms with Crippen molar-refractivity contribution < 1.29 is 13.9 Å². The van der Waals surface area contributed by atoms with E-state index in [1.54, 1.807) is 41.9 Å². The number of ether oxygens (including phenoxy) is 1. The molecule has 3 N–H and O–H groups in total. The molecule has 1 aromatic carbocycles. The summed E-state index contributed by atoms with van der Waals surface area (Å²) < 4.78 is 12.4. The lowest BCUT2D eigenvalue weighted by molar-refractivity contribution is 0.0983. The van der Waals surface area contributed by atoms with Crippen molar-refractivity contribution in [2.24, 2.45) is 0 Å². The number of anilines is 2. The second-order valence-corrected chi connectivity index (χ2v) is 8.48. The number of hydrogen-bond donors (Lipinski definition) is 2. The van der Waals surface area contributed by atoms with Crippen molar-refractivity contribution in [3.63, 3.8) is 0 Å². The molecule has 0 atom stereocenters. The summed E-state index contributed by atoms with van der Waals surface area (Å²) in [5.41, 5.74) is 7.66. The third-order valence-corrected chi connectivity index (χ3v) is 5.97. The number of nitrogens with zero attached hydrogens (tertiary/aromatic N) is 3. The van der Waals surface area contributed by atoms with Crippen molar-refractivity contribution in [2.75, 3.05) is 10.6 Å². The molecule has 4 rings (SSSR count). The summed E-state index contributed by atoms with van der Waals surface area (Å²) in [4.78, 5) is 46.5. The fourth-order valence-electron chi connectivity index (χ4n) is 3.50. The van der Waals surface area contributed by atoms with Crippen molar-refractivity contribution in [2.45, 2.75) is 39.5 Å². The molecule has 10 nitrogen and oxygen atoms in total. The summed E-state index contributed by atoms with van der Waals surface area (Å²) >= 11 is 1.48. The zero-order valence-electron chi connectivity index (χ0n) is 19.1. The number of amides is 1. The molecule has 0 saturated heterocycles. The van der Waals surface area contributed by atoms with Gasteiger partial charge in [-0.15, -0.1) is 11.3 Å². The number of thiazole rings is 1. The molecule has 0 radical (unpaired) electrons. The van der Waals surface area contributed by atoms with Gasteiger partial charge in [0.2, 0.25) is 0 Å². The SMILES string of the molecule is CCCCn1c(N)c(N(Cc2ccco2)C(=O)c2ccc(OCc3cscn3)cc2)c(=O)[nH]c1=O. The number of carbonyl (C=O) groups excluding carboxylic acids is 1. The molecule has 0 aliphatic heterocycles. The third-order valence-electron chi connectivity index (χ3n) is 5.33. The molecule has 35 heavy (non-hydrogen) atoms. The van der Waals surface area contributed by atoms with Crippen LogP contribution < -0.4 is 26.6 Å². The number of unbranched alkanes of at least 4 members (excludes halogenated alkanes) is 1. The van der Waals surface area contributed by atoms with Crippen LogP contribution in [0.25, 0.3) is 0 Å². The van der Waals surface area contributed by atoms with Gasteiger partial charge in [-0.25, -0.2) is 9.78 Å². The van der Waals surface area contributed by atoms with E-state index >= 15 is 0 Å². The van der Waals surface area contributed by atoms with Crippen LogP contribution in [0.1, 0.15) is 41.6 Å². The van der Waals surface area contributed by atoms with Crippen LogP contribution >= 0.6 is 11.3 Å². The summed E-state index contributed by atoms with van der Waals surface area (Å²) in [6, 6.07) is 9.91. The van der Waals surface area contributed by atoms with Gasteiger partial charge in [0, 0.05) is 17.5 Å². The van der Waals surface area contributed by atoms with Crippen molar-refractivity contribution in [1.29, 1.82) is 0 Å². The molecule has 1 amide bonds. The molecular weight excluding hydrogens is 470 g/mol. The standard InChI is InChI=1S/C24H25N5O5S/c1-2-3-10-28-21(25)20(22(30)27-24(28)32)29(12-19-5-4-11-33-19)23(31)16-6-8-18(9-7-16)34-13-17-14-35-15-26-17/h4-9,11,14-15H,2-3,10,12-13,25H2,1H3,(H,27,30,32). The van der Waals surface area contributed by atoms with E-state index in [2.05, 4.69) is 9.97 Å². The third kappa shape index (κ3) is 5.52. The molecule has 3 aromatic heterocycles. The number of nitrogens with two attached hydrogens (primary N) is 1. The van der Waals surface area contributed by atoms with Crippen LogP contribution in [-0.2, 0) is 19.7 Å². The van der Waals surface area contributed by atoms with Crippen LogP contribution in [0.3, 0.4) is 0 Å². The minimum atomic E-state index is -0.747. The average molecular weight is 496 g/mol. The summed E-state index contributed by atoms with van der Waals surface area (Å²) in [6.45, 7) is 2.56. The molecule has 182 valence electrons. The van der Waals surface area contributed by atoms with E-state index in [1.165, 1.54) is 27.1 Å². The molecule has 0 fully saturated rings. The first-order valence-electron chi connectivity index (χ1n) is 11.0. The molecular formula is C24H25N5O5S. The Morgan fingerprint density at radius 1 is 1.26 bits per heavy atom. The van der Waals surface area contributed by atoms with Crippen LogP contribution in [0, 0.1) is 0 Å². The highest BCUT2D eigenvalue weighted by atomic mass is 32.1. The zero-order valence-corrected chi connectivity index (χ0v) is 19.9. The van der Waals surface area contributed by atoms with Gasteiger partial charge in [0.1, 0.15) is 23.9 Å². The summed E-state index contributed by atoms with van der Waals surface area (Å²) in [5.74, 6) is 0.463. The molecule has 0 aliphatic rings. The Bertz CT molecular complexity index is 1380. The van der Waals surface area contributed by atoms with Gasteiger partial charge in [0.05, 0.1) is 24.0 Å². The van der Waals surface area contributed by atoms with Crippen molar-refractivity contribution >= 4 is 28.7 Å². The Balaban J connectivity index is 1.66. The number of nitrogen functional groups attached to an aromatic ring is 1. The van der Waals surface area contributed by atoms with E-state index in [-0.39, 0.29) is 18.1 Å². The van der Waals surface area contributed by atoms with Gasteiger partial charge in [-0.3, -0.25) is 24.0 Å². The maximum Gasteiger partial charge on any atom is 0.330 e. The van der Waals surface area contributed by atoms with Gasteiger partial charge in [-0.1, -0.05) is 13.3 Å². The molecule has 4 aromatic rings. The highest BCUT2D eigenvalue weighted by molar-refractivity contribution is 7.07.